The summed E-state index contributed by atoms with van der Waals surface area (Å²) in [6.07, 6.45) is 4.83. The highest BCUT2D eigenvalue weighted by atomic mass is 32.2. The second kappa shape index (κ2) is 9.84. The zero-order valence-corrected chi connectivity index (χ0v) is 18.1. The van der Waals surface area contributed by atoms with Crippen LogP contribution in [0.2, 0.25) is 0 Å². The average Bonchev–Trinajstić information content (AvgIpc) is 2.80. The topological polar surface area (TPSA) is 21.7 Å². The van der Waals surface area contributed by atoms with Crippen molar-refractivity contribution in [2.75, 3.05) is 33.4 Å². The molecule has 0 unspecified atom stereocenters. The molecule has 2 saturated heterocycles. The SMILES string of the molecule is C=C(c1ccc(Sc2ccc(OC)cc2)cc1)C1CCN(C2CCOCC2)CC1. The van der Waals surface area contributed by atoms with Gasteiger partial charge in [-0.3, -0.25) is 0 Å². The minimum Gasteiger partial charge on any atom is -0.497 e. The number of benzene rings is 2. The van der Waals surface area contributed by atoms with Crippen LogP contribution in [0.3, 0.4) is 0 Å². The fraction of sp³-hybridized carbons (Fsp3) is 0.440. The average molecular weight is 410 g/mol. The molecule has 3 nitrogen and oxygen atoms in total. The Morgan fingerprint density at radius 2 is 1.52 bits per heavy atom. The predicted octanol–water partition coefficient (Wildman–Crippen LogP) is 5.75. The summed E-state index contributed by atoms with van der Waals surface area (Å²) in [6, 6.07) is 17.8. The zero-order chi connectivity index (χ0) is 20.1. The smallest absolute Gasteiger partial charge is 0.118 e. The highest BCUT2D eigenvalue weighted by molar-refractivity contribution is 7.99. The molecule has 0 bridgehead atoms. The Hall–Kier alpha value is -1.75. The van der Waals surface area contributed by atoms with Crippen molar-refractivity contribution < 1.29 is 9.47 Å². The van der Waals surface area contributed by atoms with Gasteiger partial charge in [-0.15, -0.1) is 0 Å². The van der Waals surface area contributed by atoms with Crippen molar-refractivity contribution in [1.82, 2.24) is 4.90 Å². The normalized spacial score (nSPS) is 19.2. The van der Waals surface area contributed by atoms with E-state index in [-0.39, 0.29) is 0 Å². The lowest BCUT2D eigenvalue weighted by atomic mass is 9.85. The maximum absolute atomic E-state index is 5.52. The lowest BCUT2D eigenvalue weighted by molar-refractivity contribution is 0.0242. The van der Waals surface area contributed by atoms with Crippen molar-refractivity contribution >= 4 is 17.3 Å². The highest BCUT2D eigenvalue weighted by Crippen LogP contribution is 2.34. The third kappa shape index (κ3) is 5.25. The summed E-state index contributed by atoms with van der Waals surface area (Å²) in [6.45, 7) is 8.71. The van der Waals surface area contributed by atoms with Crippen LogP contribution in [-0.2, 0) is 4.74 Å². The zero-order valence-electron chi connectivity index (χ0n) is 17.3. The van der Waals surface area contributed by atoms with Crippen LogP contribution in [0, 0.1) is 5.92 Å². The fourth-order valence-corrected chi connectivity index (χ4v) is 5.23. The number of rotatable bonds is 6. The number of hydrogen-bond acceptors (Lipinski definition) is 4. The standard InChI is InChI=1S/C25H31NO2S/c1-19(21-11-15-26(16-12-21)22-13-17-28-18-14-22)20-3-7-24(8-4-20)29-25-9-5-23(27-2)6-10-25/h3-10,21-22H,1,11-18H2,2H3. The maximum atomic E-state index is 5.52. The van der Waals surface area contributed by atoms with E-state index in [2.05, 4.69) is 47.9 Å². The van der Waals surface area contributed by atoms with E-state index in [9.17, 15) is 0 Å². The van der Waals surface area contributed by atoms with Gasteiger partial charge in [0.25, 0.3) is 0 Å². The second-order valence-electron chi connectivity index (χ2n) is 7.98. The lowest BCUT2D eigenvalue weighted by Gasteiger charge is -2.39. The molecule has 154 valence electrons. The molecule has 29 heavy (non-hydrogen) atoms. The Balaban J connectivity index is 1.31. The Morgan fingerprint density at radius 1 is 0.931 bits per heavy atom. The van der Waals surface area contributed by atoms with E-state index in [1.807, 2.05) is 12.1 Å². The summed E-state index contributed by atoms with van der Waals surface area (Å²) in [5.74, 6) is 1.50. The van der Waals surface area contributed by atoms with Gasteiger partial charge in [-0.2, -0.15) is 0 Å². The van der Waals surface area contributed by atoms with Gasteiger partial charge < -0.3 is 14.4 Å². The molecular weight excluding hydrogens is 378 g/mol. The Bertz CT molecular complexity index is 789. The van der Waals surface area contributed by atoms with E-state index in [1.165, 1.54) is 59.7 Å². The van der Waals surface area contributed by atoms with Crippen LogP contribution in [0.25, 0.3) is 5.57 Å². The van der Waals surface area contributed by atoms with E-state index in [1.54, 1.807) is 18.9 Å². The molecule has 0 atom stereocenters. The predicted molar refractivity (Wildman–Crippen MR) is 121 cm³/mol. The summed E-state index contributed by atoms with van der Waals surface area (Å²) in [4.78, 5) is 5.15. The molecule has 0 N–H and O–H groups in total. The van der Waals surface area contributed by atoms with Crippen molar-refractivity contribution in [2.24, 2.45) is 5.92 Å². The van der Waals surface area contributed by atoms with Gasteiger partial charge in [0, 0.05) is 29.0 Å². The molecule has 0 aliphatic carbocycles. The van der Waals surface area contributed by atoms with Crippen LogP contribution in [-0.4, -0.2) is 44.4 Å². The molecule has 2 heterocycles. The number of methoxy groups -OCH3 is 1. The molecule has 0 spiro atoms. The fourth-order valence-electron chi connectivity index (χ4n) is 4.42. The summed E-state index contributed by atoms with van der Waals surface area (Å²) in [5.41, 5.74) is 2.59. The van der Waals surface area contributed by atoms with Crippen molar-refractivity contribution in [2.45, 2.75) is 41.5 Å². The molecular formula is C25H31NO2S. The Labute approximate surface area is 179 Å². The first-order valence-corrected chi connectivity index (χ1v) is 11.5. The Kier molecular flexibility index (Phi) is 6.96. The van der Waals surface area contributed by atoms with Gasteiger partial charge in [-0.1, -0.05) is 30.5 Å². The molecule has 4 heteroatoms. The number of likely N-dealkylation sites (tertiary alicyclic amines) is 1. The van der Waals surface area contributed by atoms with Gasteiger partial charge in [0.1, 0.15) is 5.75 Å². The van der Waals surface area contributed by atoms with Crippen molar-refractivity contribution in [3.8, 4) is 5.75 Å². The maximum Gasteiger partial charge on any atom is 0.118 e. The van der Waals surface area contributed by atoms with Crippen molar-refractivity contribution in [3.63, 3.8) is 0 Å². The van der Waals surface area contributed by atoms with Crippen LogP contribution >= 0.6 is 11.8 Å². The van der Waals surface area contributed by atoms with Gasteiger partial charge in [-0.25, -0.2) is 0 Å². The molecule has 2 aromatic carbocycles. The summed E-state index contributed by atoms with van der Waals surface area (Å²) in [7, 11) is 1.70. The van der Waals surface area contributed by atoms with Crippen LogP contribution in [0.15, 0.2) is 64.9 Å². The van der Waals surface area contributed by atoms with E-state index in [0.29, 0.717) is 5.92 Å². The summed E-state index contributed by atoms with van der Waals surface area (Å²) in [5, 5.41) is 0. The van der Waals surface area contributed by atoms with Crippen LogP contribution in [0.4, 0.5) is 0 Å². The first kappa shape index (κ1) is 20.5. The number of nitrogens with zero attached hydrogens (tertiary/aromatic N) is 1. The molecule has 0 saturated carbocycles. The first-order valence-electron chi connectivity index (χ1n) is 10.7. The van der Waals surface area contributed by atoms with Crippen LogP contribution in [0.5, 0.6) is 5.75 Å². The van der Waals surface area contributed by atoms with E-state index in [0.717, 1.165) is 25.0 Å². The third-order valence-electron chi connectivity index (χ3n) is 6.25. The molecule has 0 aromatic heterocycles. The van der Waals surface area contributed by atoms with E-state index >= 15 is 0 Å². The lowest BCUT2D eigenvalue weighted by Crippen LogP contribution is -2.44. The van der Waals surface area contributed by atoms with Gasteiger partial charge in [0.2, 0.25) is 0 Å². The van der Waals surface area contributed by atoms with Gasteiger partial charge >= 0.3 is 0 Å². The number of hydrogen-bond donors (Lipinski definition) is 0. The van der Waals surface area contributed by atoms with Gasteiger partial charge in [-0.05, 0) is 92.2 Å². The number of piperidine rings is 1. The minimum absolute atomic E-state index is 0.603. The molecule has 0 amide bonds. The third-order valence-corrected chi connectivity index (χ3v) is 7.27. The highest BCUT2D eigenvalue weighted by Gasteiger charge is 2.27. The quantitative estimate of drug-likeness (QED) is 0.605. The molecule has 0 radical (unpaired) electrons. The van der Waals surface area contributed by atoms with Crippen molar-refractivity contribution in [1.29, 1.82) is 0 Å². The van der Waals surface area contributed by atoms with Crippen LogP contribution in [0.1, 0.15) is 31.2 Å². The first-order chi connectivity index (χ1) is 14.2. The number of allylic oxidation sites excluding steroid dienone is 1. The van der Waals surface area contributed by atoms with E-state index < -0.39 is 0 Å². The monoisotopic (exact) mass is 409 g/mol. The van der Waals surface area contributed by atoms with Gasteiger partial charge in [0.15, 0.2) is 0 Å². The minimum atomic E-state index is 0.603. The largest absolute Gasteiger partial charge is 0.497 e. The molecule has 2 aliphatic heterocycles. The van der Waals surface area contributed by atoms with Gasteiger partial charge in [0.05, 0.1) is 7.11 Å². The Morgan fingerprint density at radius 3 is 2.10 bits per heavy atom. The van der Waals surface area contributed by atoms with Crippen LogP contribution < -0.4 is 4.74 Å². The molecule has 4 rings (SSSR count). The second-order valence-corrected chi connectivity index (χ2v) is 9.13. The molecule has 2 aliphatic rings. The van der Waals surface area contributed by atoms with Crippen molar-refractivity contribution in [3.05, 3.63) is 60.7 Å². The molecule has 2 fully saturated rings. The summed E-state index contributed by atoms with van der Waals surface area (Å²) < 4.78 is 10.7. The molecule has 2 aromatic rings. The van der Waals surface area contributed by atoms with E-state index in [4.69, 9.17) is 9.47 Å². The summed E-state index contributed by atoms with van der Waals surface area (Å²) >= 11 is 1.78. The number of ether oxygens (including phenoxy) is 2.